The molecule has 0 bridgehead atoms. The second kappa shape index (κ2) is 11.2. The van der Waals surface area contributed by atoms with Crippen LogP contribution in [-0.2, 0) is 6.18 Å². The van der Waals surface area contributed by atoms with Gasteiger partial charge in [-0.2, -0.15) is 13.2 Å². The van der Waals surface area contributed by atoms with Crippen molar-refractivity contribution in [3.8, 4) is 17.0 Å². The Bertz CT molecular complexity index is 1740. The van der Waals surface area contributed by atoms with E-state index < -0.39 is 42.3 Å². The van der Waals surface area contributed by atoms with E-state index in [4.69, 9.17) is 9.84 Å². The van der Waals surface area contributed by atoms with Crippen molar-refractivity contribution in [1.29, 1.82) is 0 Å². The summed E-state index contributed by atoms with van der Waals surface area (Å²) < 4.78 is 45.8. The second-order valence-electron chi connectivity index (χ2n) is 8.86. The average molecular weight is 565 g/mol. The lowest BCUT2D eigenvalue weighted by Gasteiger charge is -2.17. The van der Waals surface area contributed by atoms with E-state index >= 15 is 0 Å². The van der Waals surface area contributed by atoms with Crippen LogP contribution in [0.3, 0.4) is 0 Å². The van der Waals surface area contributed by atoms with Gasteiger partial charge in [-0.1, -0.05) is 6.07 Å². The van der Waals surface area contributed by atoms with E-state index in [9.17, 15) is 18.0 Å². The van der Waals surface area contributed by atoms with Crippen LogP contribution in [0.25, 0.3) is 22.4 Å². The molecule has 4 aromatic heterocycles. The van der Waals surface area contributed by atoms with Gasteiger partial charge < -0.3 is 25.5 Å². The van der Waals surface area contributed by atoms with Crippen molar-refractivity contribution in [2.24, 2.45) is 0 Å². The molecule has 0 unspecified atom stereocenters. The van der Waals surface area contributed by atoms with E-state index in [1.165, 1.54) is 6.33 Å². The van der Waals surface area contributed by atoms with Crippen LogP contribution in [0, 0.1) is 13.8 Å². The van der Waals surface area contributed by atoms with Gasteiger partial charge in [0, 0.05) is 29.3 Å². The summed E-state index contributed by atoms with van der Waals surface area (Å²) in [5.41, 5.74) is 2.26. The lowest BCUT2D eigenvalue weighted by atomic mass is 10.1. The van der Waals surface area contributed by atoms with Gasteiger partial charge in [0.2, 0.25) is 0 Å². The highest BCUT2D eigenvalue weighted by Crippen LogP contribution is 2.38. The number of hydrogen-bond acceptors (Lipinski definition) is 9. The van der Waals surface area contributed by atoms with Crippen molar-refractivity contribution < 1.29 is 27.8 Å². The fraction of sp³-hybridized carbons (Fsp3) is 0.185. The van der Waals surface area contributed by atoms with Crippen LogP contribution < -0.4 is 15.4 Å². The van der Waals surface area contributed by atoms with E-state index in [1.807, 2.05) is 19.9 Å². The molecule has 11 nitrogen and oxygen atoms in total. The van der Waals surface area contributed by atoms with Crippen LogP contribution in [0.15, 0.2) is 55.1 Å². The van der Waals surface area contributed by atoms with Gasteiger partial charge in [-0.25, -0.2) is 24.9 Å². The number of benzene rings is 1. The minimum absolute atomic E-state index is 0.278. The van der Waals surface area contributed by atoms with Crippen molar-refractivity contribution in [3.63, 3.8) is 0 Å². The van der Waals surface area contributed by atoms with E-state index in [0.29, 0.717) is 45.8 Å². The predicted molar refractivity (Wildman–Crippen MR) is 144 cm³/mol. The molecule has 1 amide bonds. The first-order valence-electron chi connectivity index (χ1n) is 12.3. The Morgan fingerprint density at radius 2 is 1.90 bits per heavy atom. The number of pyridine rings is 2. The summed E-state index contributed by atoms with van der Waals surface area (Å²) in [4.78, 5) is 37.6. The lowest BCUT2D eigenvalue weighted by Crippen LogP contribution is -2.20. The Morgan fingerprint density at radius 1 is 1.07 bits per heavy atom. The SMILES string of the molecule is Cc1nc2c(-c3cccnc3Nc3cc(NC(=O)c4nccc(C(F)(F)F)c4OCCO)ccc3C)ncnc2[nH]1. The number of alkyl halides is 3. The van der Waals surface area contributed by atoms with Crippen molar-refractivity contribution in [2.75, 3.05) is 23.8 Å². The third-order valence-electron chi connectivity index (χ3n) is 5.98. The van der Waals surface area contributed by atoms with E-state index in [2.05, 4.69) is 40.5 Å². The van der Waals surface area contributed by atoms with Crippen LogP contribution in [-0.4, -0.2) is 54.1 Å². The van der Waals surface area contributed by atoms with Crippen LogP contribution in [0.5, 0.6) is 5.75 Å². The molecule has 0 spiro atoms. The minimum Gasteiger partial charge on any atom is -0.488 e. The number of amides is 1. The number of ether oxygens (including phenoxy) is 1. The van der Waals surface area contributed by atoms with Gasteiger partial charge in [0.1, 0.15) is 41.4 Å². The summed E-state index contributed by atoms with van der Waals surface area (Å²) in [6.07, 6.45) is -0.894. The molecule has 4 heterocycles. The van der Waals surface area contributed by atoms with Gasteiger partial charge in [-0.05, 0) is 49.7 Å². The monoisotopic (exact) mass is 564 g/mol. The molecule has 5 rings (SSSR count). The van der Waals surface area contributed by atoms with Crippen LogP contribution >= 0.6 is 0 Å². The molecular formula is C27H23F3N8O3. The Morgan fingerprint density at radius 3 is 2.68 bits per heavy atom. The number of aromatic nitrogens is 6. The third kappa shape index (κ3) is 5.77. The first-order valence-corrected chi connectivity index (χ1v) is 12.3. The van der Waals surface area contributed by atoms with Gasteiger partial charge in [0.15, 0.2) is 17.1 Å². The first-order chi connectivity index (χ1) is 19.7. The minimum atomic E-state index is -4.80. The number of nitrogens with one attached hydrogen (secondary N) is 3. The number of imidazole rings is 1. The number of rotatable bonds is 8. The number of anilines is 3. The molecule has 0 radical (unpaired) electrons. The first kappa shape index (κ1) is 27.5. The van der Waals surface area contributed by atoms with E-state index in [0.717, 1.165) is 11.8 Å². The molecule has 14 heteroatoms. The standard InChI is InChI=1S/C27H23F3N8O3/c1-14-5-6-16(37-26(40)22-23(41-11-10-39)18(7-9-31-22)27(28,29)30)12-19(14)38-24-17(4-3-8-32-24)20-21-25(34-13-33-20)36-15(2)35-21/h3-9,12-13,39H,10-11H2,1-2H3,(H,32,38)(H,37,40)(H,33,34,35,36). The van der Waals surface area contributed by atoms with Crippen LogP contribution in [0.1, 0.15) is 27.4 Å². The van der Waals surface area contributed by atoms with Crippen molar-refractivity contribution in [1.82, 2.24) is 29.9 Å². The van der Waals surface area contributed by atoms with Crippen molar-refractivity contribution in [2.45, 2.75) is 20.0 Å². The van der Waals surface area contributed by atoms with Crippen LogP contribution in [0.2, 0.25) is 0 Å². The Labute approximate surface area is 230 Å². The Balaban J connectivity index is 1.46. The predicted octanol–water partition coefficient (Wildman–Crippen LogP) is 4.81. The topological polar surface area (TPSA) is 151 Å². The average Bonchev–Trinajstić information content (AvgIpc) is 3.33. The Hall–Kier alpha value is -5.11. The highest BCUT2D eigenvalue weighted by atomic mass is 19.4. The number of nitrogens with zero attached hydrogens (tertiary/aromatic N) is 5. The maximum absolute atomic E-state index is 13.6. The van der Waals surface area contributed by atoms with Gasteiger partial charge >= 0.3 is 6.18 Å². The number of aliphatic hydroxyl groups is 1. The van der Waals surface area contributed by atoms with Crippen molar-refractivity contribution in [3.05, 3.63) is 77.8 Å². The number of carbonyl (C=O) groups excluding carboxylic acids is 1. The number of carbonyl (C=O) groups is 1. The quantitative estimate of drug-likeness (QED) is 0.208. The lowest BCUT2D eigenvalue weighted by molar-refractivity contribution is -0.139. The second-order valence-corrected chi connectivity index (χ2v) is 8.86. The summed E-state index contributed by atoms with van der Waals surface area (Å²) in [6, 6.07) is 9.23. The zero-order valence-corrected chi connectivity index (χ0v) is 21.7. The molecule has 0 atom stereocenters. The van der Waals surface area contributed by atoms with E-state index in [1.54, 1.807) is 30.5 Å². The maximum Gasteiger partial charge on any atom is 0.420 e. The molecule has 1 aromatic carbocycles. The molecular weight excluding hydrogens is 541 g/mol. The number of halogens is 3. The normalized spacial score (nSPS) is 11.5. The molecule has 41 heavy (non-hydrogen) atoms. The number of aromatic amines is 1. The molecule has 0 aliphatic heterocycles. The van der Waals surface area contributed by atoms with Crippen molar-refractivity contribution >= 4 is 34.3 Å². The number of aryl methyl sites for hydroxylation is 2. The fourth-order valence-electron chi connectivity index (χ4n) is 4.12. The summed E-state index contributed by atoms with van der Waals surface area (Å²) in [5, 5.41) is 14.9. The highest BCUT2D eigenvalue weighted by Gasteiger charge is 2.37. The molecule has 0 aliphatic rings. The fourth-order valence-corrected chi connectivity index (χ4v) is 4.12. The molecule has 0 fully saturated rings. The number of hydrogen-bond donors (Lipinski definition) is 4. The van der Waals surface area contributed by atoms with Gasteiger partial charge in [0.05, 0.1) is 6.61 Å². The molecule has 0 saturated carbocycles. The third-order valence-corrected chi connectivity index (χ3v) is 5.98. The molecule has 210 valence electrons. The van der Waals surface area contributed by atoms with Crippen LogP contribution in [0.4, 0.5) is 30.4 Å². The number of fused-ring (bicyclic) bond motifs is 1. The Kier molecular flexibility index (Phi) is 7.48. The summed E-state index contributed by atoms with van der Waals surface area (Å²) >= 11 is 0. The molecule has 0 saturated heterocycles. The molecule has 4 N–H and O–H groups in total. The number of H-pyrrole nitrogens is 1. The largest absolute Gasteiger partial charge is 0.488 e. The summed E-state index contributed by atoms with van der Waals surface area (Å²) in [6.45, 7) is 2.66. The number of aliphatic hydroxyl groups excluding tert-OH is 1. The molecule has 0 aliphatic carbocycles. The maximum atomic E-state index is 13.6. The zero-order valence-electron chi connectivity index (χ0n) is 21.7. The smallest absolute Gasteiger partial charge is 0.420 e. The van der Waals surface area contributed by atoms with Gasteiger partial charge in [0.25, 0.3) is 5.91 Å². The highest BCUT2D eigenvalue weighted by molar-refractivity contribution is 6.05. The zero-order chi connectivity index (χ0) is 29.1. The summed E-state index contributed by atoms with van der Waals surface area (Å²) in [5.74, 6) is -0.548. The summed E-state index contributed by atoms with van der Waals surface area (Å²) in [7, 11) is 0. The van der Waals surface area contributed by atoms with Gasteiger partial charge in [-0.3, -0.25) is 4.79 Å². The molecule has 5 aromatic rings. The van der Waals surface area contributed by atoms with Gasteiger partial charge in [-0.15, -0.1) is 0 Å². The van der Waals surface area contributed by atoms with E-state index in [-0.39, 0.29) is 5.69 Å².